The number of nitrogens with zero attached hydrogens (tertiary/aromatic N) is 6. The molecule has 39 heavy (non-hydrogen) atoms. The first-order valence-corrected chi connectivity index (χ1v) is 12.6. The number of fused-ring (bicyclic) bond motifs is 3. The average molecular weight is 544 g/mol. The van der Waals surface area contributed by atoms with Crippen LogP contribution in [0, 0.1) is 0 Å². The lowest BCUT2D eigenvalue weighted by Crippen LogP contribution is -2.44. The van der Waals surface area contributed by atoms with E-state index in [4.69, 9.17) is 4.74 Å². The van der Waals surface area contributed by atoms with Crippen LogP contribution >= 0.6 is 0 Å². The van der Waals surface area contributed by atoms with E-state index in [0.29, 0.717) is 28.4 Å². The lowest BCUT2D eigenvalue weighted by Gasteiger charge is -2.34. The molecule has 0 aliphatic carbocycles. The second kappa shape index (κ2) is 10.6. The Morgan fingerprint density at radius 3 is 2.56 bits per heavy atom. The molecule has 0 radical (unpaired) electrons. The number of alkyl halides is 3. The number of carbonyl (C=O) groups is 1. The van der Waals surface area contributed by atoms with Gasteiger partial charge in [0.15, 0.2) is 11.4 Å². The lowest BCUT2D eigenvalue weighted by molar-refractivity contribution is -0.274. The summed E-state index contributed by atoms with van der Waals surface area (Å²) in [5.41, 5.74) is 2.09. The summed E-state index contributed by atoms with van der Waals surface area (Å²) >= 11 is 0. The number of halogens is 3. The van der Waals surface area contributed by atoms with Gasteiger partial charge in [-0.15, -0.1) is 13.2 Å². The van der Waals surface area contributed by atoms with Gasteiger partial charge in [0.05, 0.1) is 17.8 Å². The van der Waals surface area contributed by atoms with Gasteiger partial charge in [-0.1, -0.05) is 6.07 Å². The van der Waals surface area contributed by atoms with Gasteiger partial charge in [0, 0.05) is 55.4 Å². The molecule has 206 valence electrons. The first-order valence-electron chi connectivity index (χ1n) is 12.6. The van der Waals surface area contributed by atoms with Crippen LogP contribution in [0.4, 0.5) is 30.5 Å². The highest BCUT2D eigenvalue weighted by Gasteiger charge is 2.32. The van der Waals surface area contributed by atoms with E-state index in [1.807, 2.05) is 14.0 Å². The normalized spacial score (nSPS) is 14.7. The Kier molecular flexibility index (Phi) is 7.17. The van der Waals surface area contributed by atoms with E-state index >= 15 is 0 Å². The van der Waals surface area contributed by atoms with E-state index in [1.165, 1.54) is 6.07 Å². The summed E-state index contributed by atoms with van der Waals surface area (Å²) in [6.45, 7) is 7.42. The zero-order valence-electron chi connectivity index (χ0n) is 21.7. The largest absolute Gasteiger partial charge is 0.573 e. The van der Waals surface area contributed by atoms with Crippen LogP contribution in [-0.2, 0) is 11.3 Å². The highest BCUT2D eigenvalue weighted by molar-refractivity contribution is 6.10. The SMILES string of the molecule is CCOC(=O)c1nn(CC)c2c1ccc1cnc(Nc3cc(N4CCN(C)CC4)ccc3OC(F)(F)F)nc12. The molecule has 10 nitrogen and oxygen atoms in total. The van der Waals surface area contributed by atoms with Gasteiger partial charge in [-0.05, 0) is 45.2 Å². The molecule has 13 heteroatoms. The van der Waals surface area contributed by atoms with Gasteiger partial charge in [-0.25, -0.2) is 14.8 Å². The molecule has 0 atom stereocenters. The van der Waals surface area contributed by atoms with Gasteiger partial charge in [0.1, 0.15) is 5.52 Å². The number of anilines is 3. The minimum absolute atomic E-state index is 0.0686. The van der Waals surface area contributed by atoms with Gasteiger partial charge >= 0.3 is 12.3 Å². The molecule has 1 fully saturated rings. The minimum Gasteiger partial charge on any atom is -0.461 e. The van der Waals surface area contributed by atoms with Crippen LogP contribution in [0.15, 0.2) is 36.5 Å². The summed E-state index contributed by atoms with van der Waals surface area (Å²) in [5, 5.41) is 8.58. The third-order valence-electron chi connectivity index (χ3n) is 6.53. The molecular formula is C26H28F3N7O3. The number of carbonyl (C=O) groups excluding carboxylic acids is 1. The van der Waals surface area contributed by atoms with Gasteiger partial charge < -0.3 is 24.6 Å². The Morgan fingerprint density at radius 1 is 1.10 bits per heavy atom. The smallest absolute Gasteiger partial charge is 0.461 e. The van der Waals surface area contributed by atoms with Crippen molar-refractivity contribution in [2.75, 3.05) is 50.1 Å². The average Bonchev–Trinajstić information content (AvgIpc) is 3.29. The number of aryl methyl sites for hydroxylation is 1. The fraction of sp³-hybridized carbons (Fsp3) is 0.385. The third-order valence-corrected chi connectivity index (χ3v) is 6.53. The van der Waals surface area contributed by atoms with E-state index in [0.717, 1.165) is 31.9 Å². The van der Waals surface area contributed by atoms with Crippen molar-refractivity contribution in [2.45, 2.75) is 26.8 Å². The van der Waals surface area contributed by atoms with Crippen LogP contribution in [0.3, 0.4) is 0 Å². The van der Waals surface area contributed by atoms with Gasteiger partial charge in [-0.2, -0.15) is 5.10 Å². The van der Waals surface area contributed by atoms with E-state index in [-0.39, 0.29) is 23.9 Å². The molecule has 4 aromatic rings. The van der Waals surface area contributed by atoms with E-state index in [1.54, 1.807) is 42.1 Å². The van der Waals surface area contributed by atoms with Crippen molar-refractivity contribution in [3.8, 4) is 5.75 Å². The lowest BCUT2D eigenvalue weighted by atomic mass is 10.1. The fourth-order valence-electron chi connectivity index (χ4n) is 4.61. The van der Waals surface area contributed by atoms with Crippen molar-refractivity contribution in [2.24, 2.45) is 0 Å². The van der Waals surface area contributed by atoms with Crippen molar-refractivity contribution in [3.63, 3.8) is 0 Å². The van der Waals surface area contributed by atoms with Gasteiger partial charge in [0.2, 0.25) is 5.95 Å². The molecular weight excluding hydrogens is 515 g/mol. The predicted molar refractivity (Wildman–Crippen MR) is 141 cm³/mol. The molecule has 1 aliphatic heterocycles. The number of rotatable bonds is 7. The molecule has 0 bridgehead atoms. The fourth-order valence-corrected chi connectivity index (χ4v) is 4.61. The minimum atomic E-state index is -4.88. The molecule has 0 spiro atoms. The zero-order chi connectivity index (χ0) is 27.7. The molecule has 1 aliphatic rings. The topological polar surface area (TPSA) is 97.6 Å². The van der Waals surface area contributed by atoms with Gasteiger partial charge in [0.25, 0.3) is 0 Å². The summed E-state index contributed by atoms with van der Waals surface area (Å²) in [4.78, 5) is 25.7. The van der Waals surface area contributed by atoms with E-state index in [9.17, 15) is 18.0 Å². The maximum Gasteiger partial charge on any atom is 0.573 e. The quantitative estimate of drug-likeness (QED) is 0.336. The molecule has 3 heterocycles. The number of benzene rings is 2. The molecule has 1 saturated heterocycles. The van der Waals surface area contributed by atoms with Crippen molar-refractivity contribution in [1.29, 1.82) is 0 Å². The van der Waals surface area contributed by atoms with Crippen molar-refractivity contribution in [3.05, 3.63) is 42.2 Å². The number of likely N-dealkylation sites (N-methyl/N-ethyl adjacent to an activating group) is 1. The van der Waals surface area contributed by atoms with Crippen molar-refractivity contribution in [1.82, 2.24) is 24.6 Å². The Hall–Kier alpha value is -4.13. The predicted octanol–water partition coefficient (Wildman–Crippen LogP) is 4.57. The maximum atomic E-state index is 13.2. The van der Waals surface area contributed by atoms with Crippen LogP contribution in [-0.4, -0.2) is 76.8 Å². The van der Waals surface area contributed by atoms with Crippen LogP contribution in [0.2, 0.25) is 0 Å². The number of nitrogens with one attached hydrogen (secondary N) is 1. The molecule has 0 unspecified atom stereocenters. The summed E-state index contributed by atoms with van der Waals surface area (Å²) in [5.74, 6) is -0.874. The number of hydrogen-bond acceptors (Lipinski definition) is 9. The summed E-state index contributed by atoms with van der Waals surface area (Å²) < 4.78 is 50.7. The Bertz CT molecular complexity index is 1510. The monoisotopic (exact) mass is 543 g/mol. The first-order chi connectivity index (χ1) is 18.7. The number of ether oxygens (including phenoxy) is 2. The Balaban J connectivity index is 1.57. The van der Waals surface area contributed by atoms with E-state index < -0.39 is 18.1 Å². The highest BCUT2D eigenvalue weighted by Crippen LogP contribution is 2.36. The molecule has 0 saturated carbocycles. The van der Waals surface area contributed by atoms with Crippen LogP contribution in [0.5, 0.6) is 5.75 Å². The number of aromatic nitrogens is 4. The number of esters is 1. The van der Waals surface area contributed by atoms with Crippen LogP contribution < -0.4 is 15.0 Å². The second-order valence-corrected chi connectivity index (χ2v) is 9.12. The third kappa shape index (κ3) is 5.53. The molecule has 0 amide bonds. The molecule has 5 rings (SSSR count). The Morgan fingerprint density at radius 2 is 1.87 bits per heavy atom. The molecule has 1 N–H and O–H groups in total. The van der Waals surface area contributed by atoms with Gasteiger partial charge in [-0.3, -0.25) is 4.68 Å². The second-order valence-electron chi connectivity index (χ2n) is 9.12. The maximum absolute atomic E-state index is 13.2. The highest BCUT2D eigenvalue weighted by atomic mass is 19.4. The first kappa shape index (κ1) is 26.5. The standard InChI is InChI=1S/C26H28F3N7O3/c1-4-36-23-18(22(33-36)24(37)38-5-2)8-6-16-15-30-25(32-21(16)23)31-19-14-17(35-12-10-34(3)11-13-35)7-9-20(19)39-26(27,28)29/h6-9,14-15H,4-5,10-13H2,1-3H3,(H,30,31,32). The summed E-state index contributed by atoms with van der Waals surface area (Å²) in [6, 6.07) is 8.03. The van der Waals surface area contributed by atoms with Crippen LogP contribution in [0.25, 0.3) is 21.8 Å². The van der Waals surface area contributed by atoms with Crippen LogP contribution in [0.1, 0.15) is 24.3 Å². The van der Waals surface area contributed by atoms with Crippen molar-refractivity contribution >= 4 is 45.1 Å². The zero-order valence-corrected chi connectivity index (χ0v) is 21.7. The molecule has 2 aromatic heterocycles. The number of hydrogen-bond donors (Lipinski definition) is 1. The van der Waals surface area contributed by atoms with E-state index in [2.05, 4.69) is 34.9 Å². The summed E-state index contributed by atoms with van der Waals surface area (Å²) in [6.07, 6.45) is -3.31. The van der Waals surface area contributed by atoms with Crippen molar-refractivity contribution < 1.29 is 27.4 Å². The Labute approximate surface area is 222 Å². The number of piperazine rings is 1. The summed E-state index contributed by atoms with van der Waals surface area (Å²) in [7, 11) is 2.03. The molecule has 2 aromatic carbocycles.